The van der Waals surface area contributed by atoms with Crippen LogP contribution in [0.1, 0.15) is 18.4 Å². The molecule has 1 atom stereocenters. The van der Waals surface area contributed by atoms with Crippen LogP contribution < -0.4 is 10.5 Å². The fourth-order valence-corrected chi connectivity index (χ4v) is 2.67. The molecular weight excluding hydrogens is 324 g/mol. The minimum absolute atomic E-state index is 0.281. The second-order valence-electron chi connectivity index (χ2n) is 5.76. The first-order chi connectivity index (χ1) is 12.0. The third kappa shape index (κ3) is 5.34. The molecule has 1 aliphatic heterocycles. The highest BCUT2D eigenvalue weighted by molar-refractivity contribution is 5.89. The Kier molecular flexibility index (Phi) is 6.56. The summed E-state index contributed by atoms with van der Waals surface area (Å²) in [6, 6.07) is 7.22. The van der Waals surface area contributed by atoms with Crippen molar-refractivity contribution in [2.75, 3.05) is 26.8 Å². The number of rotatable bonds is 6. The molecule has 1 heterocycles. The first-order valence-corrected chi connectivity index (χ1v) is 8.06. The van der Waals surface area contributed by atoms with Crippen molar-refractivity contribution in [3.05, 3.63) is 35.9 Å². The zero-order chi connectivity index (χ0) is 18.2. The second kappa shape index (κ2) is 8.86. The Labute approximate surface area is 146 Å². The highest BCUT2D eigenvalue weighted by Gasteiger charge is 2.27. The Hall–Kier alpha value is -2.83. The van der Waals surface area contributed by atoms with Gasteiger partial charge in [0.05, 0.1) is 13.0 Å². The Morgan fingerprint density at radius 3 is 2.80 bits per heavy atom. The van der Waals surface area contributed by atoms with Gasteiger partial charge in [-0.2, -0.15) is 0 Å². The summed E-state index contributed by atoms with van der Waals surface area (Å²) in [5, 5.41) is 0. The number of amides is 2. The number of hydrogen-bond donors (Lipinski definition) is 1. The van der Waals surface area contributed by atoms with Gasteiger partial charge in [0, 0.05) is 24.7 Å². The molecule has 0 bridgehead atoms. The molecule has 0 saturated carbocycles. The van der Waals surface area contributed by atoms with Crippen LogP contribution >= 0.6 is 0 Å². The third-order valence-electron chi connectivity index (χ3n) is 4.05. The van der Waals surface area contributed by atoms with Crippen LogP contribution in [0.25, 0.3) is 6.08 Å². The van der Waals surface area contributed by atoms with E-state index in [0.717, 1.165) is 5.56 Å². The molecule has 1 fully saturated rings. The van der Waals surface area contributed by atoms with Gasteiger partial charge in [0.25, 0.3) is 5.91 Å². The van der Waals surface area contributed by atoms with E-state index in [1.54, 1.807) is 25.3 Å². The van der Waals surface area contributed by atoms with E-state index in [1.165, 1.54) is 11.0 Å². The maximum absolute atomic E-state index is 12.1. The largest absolute Gasteiger partial charge is 0.496 e. The van der Waals surface area contributed by atoms with Crippen LogP contribution in [-0.4, -0.2) is 49.5 Å². The van der Waals surface area contributed by atoms with E-state index in [2.05, 4.69) is 0 Å². The Balaban J connectivity index is 1.84. The molecule has 2 N–H and O–H groups in total. The van der Waals surface area contributed by atoms with Crippen molar-refractivity contribution in [3.8, 4) is 5.75 Å². The number of nitrogens with two attached hydrogens (primary N) is 1. The van der Waals surface area contributed by atoms with Crippen LogP contribution in [0.15, 0.2) is 30.3 Å². The van der Waals surface area contributed by atoms with E-state index in [-0.39, 0.29) is 25.0 Å². The van der Waals surface area contributed by atoms with E-state index in [0.29, 0.717) is 25.1 Å². The number of esters is 1. The number of para-hydroxylation sites is 1. The number of piperidine rings is 1. The van der Waals surface area contributed by atoms with E-state index in [9.17, 15) is 14.4 Å². The van der Waals surface area contributed by atoms with Crippen LogP contribution in [0.3, 0.4) is 0 Å². The molecule has 1 aromatic rings. The predicted molar refractivity (Wildman–Crippen MR) is 91.5 cm³/mol. The highest BCUT2D eigenvalue weighted by atomic mass is 16.5. The van der Waals surface area contributed by atoms with Gasteiger partial charge < -0.3 is 20.1 Å². The lowest BCUT2D eigenvalue weighted by atomic mass is 9.97. The number of primary amides is 1. The summed E-state index contributed by atoms with van der Waals surface area (Å²) < 4.78 is 10.2. The quantitative estimate of drug-likeness (QED) is 0.611. The second-order valence-corrected chi connectivity index (χ2v) is 5.76. The molecule has 2 amide bonds. The molecule has 7 heteroatoms. The zero-order valence-electron chi connectivity index (χ0n) is 14.1. The molecule has 0 aliphatic carbocycles. The normalized spacial score (nSPS) is 17.3. The van der Waals surface area contributed by atoms with Crippen LogP contribution in [0.5, 0.6) is 5.75 Å². The molecule has 1 saturated heterocycles. The van der Waals surface area contributed by atoms with E-state index in [1.807, 2.05) is 12.1 Å². The van der Waals surface area contributed by atoms with Crippen LogP contribution in [-0.2, 0) is 19.1 Å². The van der Waals surface area contributed by atoms with E-state index in [4.69, 9.17) is 15.2 Å². The highest BCUT2D eigenvalue weighted by Crippen LogP contribution is 2.19. The van der Waals surface area contributed by atoms with Gasteiger partial charge in [-0.15, -0.1) is 0 Å². The summed E-state index contributed by atoms with van der Waals surface area (Å²) in [5.41, 5.74) is 6.02. The first kappa shape index (κ1) is 18.5. The average molecular weight is 346 g/mol. The number of likely N-dealkylation sites (tertiary alicyclic amines) is 1. The first-order valence-electron chi connectivity index (χ1n) is 8.06. The molecule has 2 rings (SSSR count). The number of hydrogen-bond acceptors (Lipinski definition) is 5. The summed E-state index contributed by atoms with van der Waals surface area (Å²) >= 11 is 0. The molecular formula is C18H22N2O5. The van der Waals surface area contributed by atoms with Gasteiger partial charge in [0.2, 0.25) is 5.91 Å². The minimum Gasteiger partial charge on any atom is -0.496 e. The van der Waals surface area contributed by atoms with Crippen molar-refractivity contribution in [2.45, 2.75) is 12.8 Å². The van der Waals surface area contributed by atoms with Gasteiger partial charge in [-0.3, -0.25) is 9.59 Å². The molecule has 0 aromatic heterocycles. The van der Waals surface area contributed by atoms with Gasteiger partial charge >= 0.3 is 5.97 Å². The van der Waals surface area contributed by atoms with Gasteiger partial charge in [0.15, 0.2) is 6.61 Å². The maximum atomic E-state index is 12.1. The standard InChI is InChI=1S/C18H22N2O5/c1-24-15-7-3-2-5-13(15)8-9-17(22)25-12-16(21)20-10-4-6-14(11-20)18(19)23/h2-3,5,7-9,14H,4,6,10-12H2,1H3,(H2,19,23)/b9-8+/t14-/m1/s1. The van der Waals surface area contributed by atoms with Crippen LogP contribution in [0.2, 0.25) is 0 Å². The van der Waals surface area contributed by atoms with Gasteiger partial charge in [0.1, 0.15) is 5.75 Å². The monoisotopic (exact) mass is 346 g/mol. The molecule has 134 valence electrons. The zero-order valence-corrected chi connectivity index (χ0v) is 14.1. The number of carbonyl (C=O) groups is 3. The van der Waals surface area contributed by atoms with Crippen LogP contribution in [0, 0.1) is 5.92 Å². The topological polar surface area (TPSA) is 98.9 Å². The third-order valence-corrected chi connectivity index (χ3v) is 4.05. The maximum Gasteiger partial charge on any atom is 0.331 e. The summed E-state index contributed by atoms with van der Waals surface area (Å²) in [5.74, 6) is -1.06. The molecule has 0 radical (unpaired) electrons. The number of methoxy groups -OCH3 is 1. The van der Waals surface area contributed by atoms with Gasteiger partial charge in [-0.05, 0) is 25.0 Å². The molecule has 0 unspecified atom stereocenters. The van der Waals surface area contributed by atoms with Gasteiger partial charge in [-0.25, -0.2) is 4.79 Å². The number of ether oxygens (including phenoxy) is 2. The number of benzene rings is 1. The van der Waals surface area contributed by atoms with E-state index >= 15 is 0 Å². The smallest absolute Gasteiger partial charge is 0.331 e. The number of carbonyl (C=O) groups excluding carboxylic acids is 3. The lowest BCUT2D eigenvalue weighted by Gasteiger charge is -2.30. The summed E-state index contributed by atoms with van der Waals surface area (Å²) in [4.78, 5) is 36.6. The van der Waals surface area contributed by atoms with Crippen molar-refractivity contribution in [3.63, 3.8) is 0 Å². The lowest BCUT2D eigenvalue weighted by molar-refractivity contribution is -0.149. The molecule has 1 aliphatic rings. The number of nitrogens with zero attached hydrogens (tertiary/aromatic N) is 1. The Morgan fingerprint density at radius 2 is 2.08 bits per heavy atom. The van der Waals surface area contributed by atoms with Gasteiger partial charge in [-0.1, -0.05) is 18.2 Å². The fourth-order valence-electron chi connectivity index (χ4n) is 2.67. The van der Waals surface area contributed by atoms with Crippen LogP contribution in [0.4, 0.5) is 0 Å². The average Bonchev–Trinajstić information content (AvgIpc) is 2.64. The Morgan fingerprint density at radius 1 is 1.32 bits per heavy atom. The van der Waals surface area contributed by atoms with Crippen molar-refractivity contribution in [1.82, 2.24) is 4.90 Å². The Bertz CT molecular complexity index is 671. The van der Waals surface area contributed by atoms with Crippen molar-refractivity contribution in [1.29, 1.82) is 0 Å². The van der Waals surface area contributed by atoms with Crippen molar-refractivity contribution in [2.24, 2.45) is 11.7 Å². The lowest BCUT2D eigenvalue weighted by Crippen LogP contribution is -2.45. The summed E-state index contributed by atoms with van der Waals surface area (Å²) in [6.07, 6.45) is 4.20. The molecule has 0 spiro atoms. The molecule has 1 aromatic carbocycles. The molecule has 7 nitrogen and oxygen atoms in total. The minimum atomic E-state index is -0.622. The van der Waals surface area contributed by atoms with E-state index < -0.39 is 11.9 Å². The fraction of sp³-hybridized carbons (Fsp3) is 0.389. The van der Waals surface area contributed by atoms with Crippen molar-refractivity contribution >= 4 is 23.9 Å². The predicted octanol–water partition coefficient (Wildman–Crippen LogP) is 0.975. The molecule has 25 heavy (non-hydrogen) atoms. The van der Waals surface area contributed by atoms with Crippen molar-refractivity contribution < 1.29 is 23.9 Å². The summed E-state index contributed by atoms with van der Waals surface area (Å²) in [6.45, 7) is 0.459. The summed E-state index contributed by atoms with van der Waals surface area (Å²) in [7, 11) is 1.54. The SMILES string of the molecule is COc1ccccc1/C=C/C(=O)OCC(=O)N1CCC[C@@H](C(N)=O)C1.